The molecule has 118 valence electrons. The van der Waals surface area contributed by atoms with Gasteiger partial charge in [-0.05, 0) is 54.9 Å². The summed E-state index contributed by atoms with van der Waals surface area (Å²) < 4.78 is 4.99. The van der Waals surface area contributed by atoms with Crippen LogP contribution in [-0.4, -0.2) is 24.0 Å². The molecule has 0 spiro atoms. The average molecular weight is 308 g/mol. The second-order valence-corrected chi connectivity index (χ2v) is 6.49. The largest absolute Gasteiger partial charge is 0.505 e. The number of fused-ring (bicyclic) bond motifs is 2. The Morgan fingerprint density at radius 1 is 1.26 bits per heavy atom. The zero-order chi connectivity index (χ0) is 15.8. The average Bonchev–Trinajstić information content (AvgIpc) is 3.03. The smallest absolute Gasteiger partial charge is 0.252 e. The van der Waals surface area contributed by atoms with Crippen molar-refractivity contribution in [1.29, 1.82) is 0 Å². The maximum Gasteiger partial charge on any atom is 0.252 e. The Kier molecular flexibility index (Phi) is 3.52. The predicted molar refractivity (Wildman–Crippen MR) is 88.9 cm³/mol. The fraction of sp³-hybridized carbons (Fsp3) is 0.368. The highest BCUT2D eigenvalue weighted by atomic mass is 16.5. The number of carbonyl (C=O) groups excluding carboxylic acids is 1. The second kappa shape index (κ2) is 5.69. The fourth-order valence-corrected chi connectivity index (χ4v) is 4.03. The summed E-state index contributed by atoms with van der Waals surface area (Å²) in [4.78, 5) is 16.9. The zero-order valence-electron chi connectivity index (χ0n) is 13.1. The highest BCUT2D eigenvalue weighted by molar-refractivity contribution is 6.06. The molecule has 2 aromatic rings. The van der Waals surface area contributed by atoms with Gasteiger partial charge in [-0.15, -0.1) is 0 Å². The third kappa shape index (κ3) is 2.58. The van der Waals surface area contributed by atoms with E-state index in [1.165, 1.54) is 0 Å². The molecule has 2 unspecified atom stereocenters. The maximum atomic E-state index is 12.6. The van der Waals surface area contributed by atoms with Gasteiger partial charge in [-0.1, -0.05) is 12.1 Å². The Bertz CT molecular complexity index is 754. The summed E-state index contributed by atoms with van der Waals surface area (Å²) in [6.45, 7) is 0. The van der Waals surface area contributed by atoms with E-state index in [2.05, 4.69) is 16.4 Å². The van der Waals surface area contributed by atoms with E-state index in [1.54, 1.807) is 19.6 Å². The lowest BCUT2D eigenvalue weighted by Gasteiger charge is -2.16. The van der Waals surface area contributed by atoms with Crippen LogP contribution in [0.5, 0.6) is 0 Å². The number of hydrogen-bond donors (Lipinski definition) is 1. The van der Waals surface area contributed by atoms with Crippen LogP contribution in [0.25, 0.3) is 10.9 Å². The number of ether oxygens (including phenoxy) is 1. The lowest BCUT2D eigenvalue weighted by atomic mass is 10.0. The van der Waals surface area contributed by atoms with Gasteiger partial charge < -0.3 is 10.1 Å². The molecule has 0 radical (unpaired) electrons. The highest BCUT2D eigenvalue weighted by Crippen LogP contribution is 2.58. The van der Waals surface area contributed by atoms with Crippen LogP contribution in [-0.2, 0) is 4.74 Å². The summed E-state index contributed by atoms with van der Waals surface area (Å²) in [5.41, 5.74) is 1.58. The predicted octanol–water partition coefficient (Wildman–Crippen LogP) is 3.15. The number of carbonyl (C=O) groups is 1. The number of aromatic nitrogens is 1. The van der Waals surface area contributed by atoms with Gasteiger partial charge in [0.1, 0.15) is 0 Å². The van der Waals surface area contributed by atoms with Crippen LogP contribution >= 0.6 is 0 Å². The fourth-order valence-electron chi connectivity index (χ4n) is 4.03. The molecule has 1 aromatic carbocycles. The van der Waals surface area contributed by atoms with Crippen molar-refractivity contribution in [3.05, 3.63) is 54.4 Å². The Balaban J connectivity index is 1.43. The number of amides is 1. The molecular formula is C19H20N2O2. The van der Waals surface area contributed by atoms with Gasteiger partial charge in [0, 0.05) is 23.2 Å². The number of nitrogens with one attached hydrogen (secondary N) is 1. The third-order valence-electron chi connectivity index (χ3n) is 5.17. The van der Waals surface area contributed by atoms with Gasteiger partial charge in [0.05, 0.1) is 18.9 Å². The quantitative estimate of drug-likeness (QED) is 0.883. The Hall–Kier alpha value is -2.36. The SMILES string of the molecule is CO/C=C/C1[C@H]2CC(NC(=O)c3cccc4ncccc34)C[C@@H]12. The number of allylic oxidation sites excluding steroid dienone is 1. The first kappa shape index (κ1) is 14.2. The first-order valence-electron chi connectivity index (χ1n) is 8.12. The van der Waals surface area contributed by atoms with E-state index < -0.39 is 0 Å². The van der Waals surface area contributed by atoms with E-state index in [-0.39, 0.29) is 11.9 Å². The van der Waals surface area contributed by atoms with Crippen LogP contribution in [0.1, 0.15) is 23.2 Å². The molecule has 2 aliphatic rings. The summed E-state index contributed by atoms with van der Waals surface area (Å²) in [6.07, 6.45) is 7.82. The molecule has 1 amide bonds. The van der Waals surface area contributed by atoms with Crippen molar-refractivity contribution >= 4 is 16.8 Å². The van der Waals surface area contributed by atoms with E-state index in [0.717, 1.165) is 23.7 Å². The Labute approximate surface area is 135 Å². The molecular weight excluding hydrogens is 288 g/mol. The van der Waals surface area contributed by atoms with E-state index >= 15 is 0 Å². The molecule has 4 nitrogen and oxygen atoms in total. The molecule has 2 aliphatic carbocycles. The van der Waals surface area contributed by atoms with Crippen LogP contribution < -0.4 is 5.32 Å². The number of hydrogen-bond acceptors (Lipinski definition) is 3. The topological polar surface area (TPSA) is 51.2 Å². The molecule has 1 heterocycles. The standard InChI is InChI=1S/C19H20N2O2/c1-23-9-7-13-16-10-12(11-17(13)16)21-19(22)15-4-2-6-18-14(15)5-3-8-20-18/h2-9,12-13,16-17H,10-11H2,1H3,(H,21,22)/b9-7+/t12?,13?,16-,17+. The molecule has 2 saturated carbocycles. The van der Waals surface area contributed by atoms with Gasteiger partial charge in [0.2, 0.25) is 0 Å². The van der Waals surface area contributed by atoms with Gasteiger partial charge >= 0.3 is 0 Å². The van der Waals surface area contributed by atoms with Gasteiger partial charge in [-0.25, -0.2) is 0 Å². The summed E-state index contributed by atoms with van der Waals surface area (Å²) >= 11 is 0. The number of benzene rings is 1. The molecule has 0 bridgehead atoms. The number of methoxy groups -OCH3 is 1. The molecule has 2 fully saturated rings. The summed E-state index contributed by atoms with van der Waals surface area (Å²) in [5, 5.41) is 4.12. The molecule has 0 aliphatic heterocycles. The maximum absolute atomic E-state index is 12.6. The van der Waals surface area contributed by atoms with Gasteiger partial charge in [-0.3, -0.25) is 9.78 Å². The third-order valence-corrected chi connectivity index (χ3v) is 5.17. The van der Waals surface area contributed by atoms with Crippen LogP contribution in [0.2, 0.25) is 0 Å². The van der Waals surface area contributed by atoms with Crippen molar-refractivity contribution in [2.24, 2.45) is 17.8 Å². The molecule has 1 aromatic heterocycles. The minimum atomic E-state index is 0.0129. The zero-order valence-corrected chi connectivity index (χ0v) is 13.1. The van der Waals surface area contributed by atoms with Crippen LogP contribution in [0.15, 0.2) is 48.9 Å². The van der Waals surface area contributed by atoms with E-state index in [0.29, 0.717) is 23.3 Å². The Morgan fingerprint density at radius 3 is 2.87 bits per heavy atom. The minimum absolute atomic E-state index is 0.0129. The van der Waals surface area contributed by atoms with Crippen molar-refractivity contribution in [2.45, 2.75) is 18.9 Å². The lowest BCUT2D eigenvalue weighted by Crippen LogP contribution is -2.34. The van der Waals surface area contributed by atoms with Crippen molar-refractivity contribution in [3.8, 4) is 0 Å². The normalized spacial score (nSPS) is 28.7. The van der Waals surface area contributed by atoms with Gasteiger partial charge in [0.15, 0.2) is 0 Å². The summed E-state index contributed by atoms with van der Waals surface area (Å²) in [6, 6.07) is 9.81. The van der Waals surface area contributed by atoms with Crippen molar-refractivity contribution < 1.29 is 9.53 Å². The molecule has 4 heteroatoms. The number of rotatable bonds is 4. The van der Waals surface area contributed by atoms with Crippen molar-refractivity contribution in [3.63, 3.8) is 0 Å². The second-order valence-electron chi connectivity index (χ2n) is 6.49. The Morgan fingerprint density at radius 2 is 2.09 bits per heavy atom. The number of pyridine rings is 1. The summed E-state index contributed by atoms with van der Waals surface area (Å²) in [5.74, 6) is 2.07. The molecule has 23 heavy (non-hydrogen) atoms. The van der Waals surface area contributed by atoms with E-state index in [1.807, 2.05) is 30.3 Å². The first-order valence-corrected chi connectivity index (χ1v) is 8.12. The molecule has 1 N–H and O–H groups in total. The summed E-state index contributed by atoms with van der Waals surface area (Å²) in [7, 11) is 1.68. The molecule has 4 atom stereocenters. The number of nitrogens with zero attached hydrogens (tertiary/aromatic N) is 1. The minimum Gasteiger partial charge on any atom is -0.505 e. The van der Waals surface area contributed by atoms with E-state index in [9.17, 15) is 4.79 Å². The van der Waals surface area contributed by atoms with Crippen molar-refractivity contribution in [2.75, 3.05) is 7.11 Å². The van der Waals surface area contributed by atoms with Crippen LogP contribution in [0.3, 0.4) is 0 Å². The van der Waals surface area contributed by atoms with Crippen LogP contribution in [0.4, 0.5) is 0 Å². The lowest BCUT2D eigenvalue weighted by molar-refractivity contribution is 0.0936. The monoisotopic (exact) mass is 308 g/mol. The highest BCUT2D eigenvalue weighted by Gasteiger charge is 2.54. The van der Waals surface area contributed by atoms with E-state index in [4.69, 9.17) is 4.74 Å². The first-order chi connectivity index (χ1) is 11.3. The van der Waals surface area contributed by atoms with Crippen molar-refractivity contribution in [1.82, 2.24) is 10.3 Å². The van der Waals surface area contributed by atoms with Crippen LogP contribution in [0, 0.1) is 17.8 Å². The van der Waals surface area contributed by atoms with Gasteiger partial charge in [0.25, 0.3) is 5.91 Å². The van der Waals surface area contributed by atoms with Gasteiger partial charge in [-0.2, -0.15) is 0 Å². The molecule has 4 rings (SSSR count). The molecule has 0 saturated heterocycles.